The smallest absolute Gasteiger partial charge is 0.407 e. The van der Waals surface area contributed by atoms with Crippen LogP contribution in [0.1, 0.15) is 5.56 Å². The highest BCUT2D eigenvalue weighted by Gasteiger charge is 2.12. The molecule has 1 aromatic carbocycles. The lowest BCUT2D eigenvalue weighted by Crippen LogP contribution is -2.38. The van der Waals surface area contributed by atoms with Crippen molar-refractivity contribution in [3.8, 4) is 0 Å². The van der Waals surface area contributed by atoms with Crippen LogP contribution in [0.2, 0.25) is 0 Å². The van der Waals surface area contributed by atoms with E-state index >= 15 is 0 Å². The molecule has 0 heterocycles. The minimum Gasteiger partial charge on any atom is -0.445 e. The largest absolute Gasteiger partial charge is 0.445 e. The molecule has 0 spiro atoms. The Morgan fingerprint density at radius 2 is 1.88 bits per heavy atom. The average molecular weight is 229 g/mol. The molecule has 0 radical (unpaired) electrons. The summed E-state index contributed by atoms with van der Waals surface area (Å²) in [6.07, 6.45) is -0.816. The number of ether oxygens (including phenoxy) is 1. The minimum atomic E-state index is -1.12. The fraction of sp³-hybridized carbons (Fsp3) is 0.364. The van der Waals surface area contributed by atoms with E-state index < -0.39 is 25.5 Å². The van der Waals surface area contributed by atoms with Crippen LogP contribution < -0.4 is 5.32 Å². The maximum absolute atomic E-state index is 12.1. The summed E-state index contributed by atoms with van der Waals surface area (Å²) in [7, 11) is 0. The van der Waals surface area contributed by atoms with Gasteiger partial charge in [0.2, 0.25) is 0 Å². The van der Waals surface area contributed by atoms with Crippen LogP contribution in [0.3, 0.4) is 0 Å². The molecule has 1 N–H and O–H groups in total. The Balaban J connectivity index is 2.30. The fourth-order valence-corrected chi connectivity index (χ4v) is 1.05. The standard InChI is InChI=1S/C11H13F2NO2/c12-6-10(7-13)14-11(15)16-8-9-4-2-1-3-5-9/h1-5,10H,6-8H2,(H,14,15). The second-order valence-corrected chi connectivity index (χ2v) is 3.21. The molecule has 0 aliphatic rings. The third-order valence-electron chi connectivity index (χ3n) is 1.91. The summed E-state index contributed by atoms with van der Waals surface area (Å²) < 4.78 is 28.9. The Morgan fingerprint density at radius 1 is 1.25 bits per heavy atom. The molecule has 0 aliphatic carbocycles. The topological polar surface area (TPSA) is 38.3 Å². The Hall–Kier alpha value is -1.65. The zero-order valence-electron chi connectivity index (χ0n) is 8.66. The van der Waals surface area contributed by atoms with Gasteiger partial charge >= 0.3 is 6.09 Å². The molecule has 88 valence electrons. The third-order valence-corrected chi connectivity index (χ3v) is 1.91. The number of amides is 1. The minimum absolute atomic E-state index is 0.0813. The van der Waals surface area contributed by atoms with Crippen molar-refractivity contribution in [2.75, 3.05) is 13.3 Å². The van der Waals surface area contributed by atoms with Crippen molar-refractivity contribution in [2.45, 2.75) is 12.6 Å². The number of halogens is 2. The predicted molar refractivity (Wildman–Crippen MR) is 55.5 cm³/mol. The van der Waals surface area contributed by atoms with E-state index in [1.165, 1.54) is 0 Å². The lowest BCUT2D eigenvalue weighted by molar-refractivity contribution is 0.131. The molecule has 1 amide bonds. The van der Waals surface area contributed by atoms with E-state index in [0.717, 1.165) is 5.56 Å². The summed E-state index contributed by atoms with van der Waals surface area (Å²) in [5.74, 6) is 0. The van der Waals surface area contributed by atoms with Crippen LogP contribution in [0, 0.1) is 0 Å². The molecular formula is C11H13F2NO2. The maximum atomic E-state index is 12.1. The Bertz CT molecular complexity index is 315. The lowest BCUT2D eigenvalue weighted by Gasteiger charge is -2.11. The molecule has 0 atom stereocenters. The molecule has 3 nitrogen and oxygen atoms in total. The van der Waals surface area contributed by atoms with Crippen LogP contribution >= 0.6 is 0 Å². The molecule has 0 saturated heterocycles. The van der Waals surface area contributed by atoms with Gasteiger partial charge in [0.1, 0.15) is 20.0 Å². The van der Waals surface area contributed by atoms with Gasteiger partial charge in [-0.3, -0.25) is 0 Å². The van der Waals surface area contributed by atoms with Crippen molar-refractivity contribution < 1.29 is 18.3 Å². The highest BCUT2D eigenvalue weighted by atomic mass is 19.1. The number of carbonyl (C=O) groups excluding carboxylic acids is 1. The number of nitrogens with one attached hydrogen (secondary N) is 1. The van der Waals surface area contributed by atoms with E-state index in [9.17, 15) is 13.6 Å². The van der Waals surface area contributed by atoms with Gasteiger partial charge in [-0.1, -0.05) is 30.3 Å². The van der Waals surface area contributed by atoms with Gasteiger partial charge in [-0.15, -0.1) is 0 Å². The van der Waals surface area contributed by atoms with Gasteiger partial charge in [0.25, 0.3) is 0 Å². The first-order valence-corrected chi connectivity index (χ1v) is 4.85. The van der Waals surface area contributed by atoms with E-state index in [0.29, 0.717) is 0 Å². The number of alkyl carbamates (subject to hydrolysis) is 1. The first kappa shape index (κ1) is 12.4. The van der Waals surface area contributed by atoms with Crippen LogP contribution in [0.4, 0.5) is 13.6 Å². The second kappa shape index (κ2) is 6.76. The van der Waals surface area contributed by atoms with Gasteiger partial charge in [-0.05, 0) is 5.56 Å². The summed E-state index contributed by atoms with van der Waals surface area (Å²) in [6.45, 7) is -1.81. The van der Waals surface area contributed by atoms with Crippen LogP contribution in [-0.4, -0.2) is 25.5 Å². The van der Waals surface area contributed by atoms with Crippen molar-refractivity contribution in [1.29, 1.82) is 0 Å². The summed E-state index contributed by atoms with van der Waals surface area (Å²) in [5, 5.41) is 2.08. The zero-order valence-corrected chi connectivity index (χ0v) is 8.66. The molecule has 0 unspecified atom stereocenters. The number of benzene rings is 1. The van der Waals surface area contributed by atoms with Crippen molar-refractivity contribution >= 4 is 6.09 Å². The van der Waals surface area contributed by atoms with Crippen molar-refractivity contribution in [3.05, 3.63) is 35.9 Å². The summed E-state index contributed by atoms with van der Waals surface area (Å²) in [5.41, 5.74) is 0.815. The monoisotopic (exact) mass is 229 g/mol. The predicted octanol–water partition coefficient (Wildman–Crippen LogP) is 2.22. The Kier molecular flexibility index (Phi) is 5.25. The van der Waals surface area contributed by atoms with Crippen LogP contribution in [-0.2, 0) is 11.3 Å². The molecule has 0 aliphatic heterocycles. The molecule has 0 fully saturated rings. The van der Waals surface area contributed by atoms with E-state index in [1.54, 1.807) is 12.1 Å². The Morgan fingerprint density at radius 3 is 2.44 bits per heavy atom. The van der Waals surface area contributed by atoms with E-state index in [2.05, 4.69) is 5.32 Å². The van der Waals surface area contributed by atoms with Gasteiger partial charge in [-0.2, -0.15) is 0 Å². The molecule has 1 rings (SSSR count). The van der Waals surface area contributed by atoms with Crippen LogP contribution in [0.5, 0.6) is 0 Å². The van der Waals surface area contributed by atoms with Crippen molar-refractivity contribution in [2.24, 2.45) is 0 Å². The summed E-state index contributed by atoms with van der Waals surface area (Å²) in [6, 6.07) is 7.91. The van der Waals surface area contributed by atoms with Gasteiger partial charge in [0, 0.05) is 0 Å². The summed E-state index contributed by atoms with van der Waals surface area (Å²) in [4.78, 5) is 11.1. The molecule has 1 aromatic rings. The SMILES string of the molecule is O=C(NC(CF)CF)OCc1ccccc1. The molecule has 0 bridgehead atoms. The lowest BCUT2D eigenvalue weighted by atomic mass is 10.2. The first-order valence-electron chi connectivity index (χ1n) is 4.85. The van der Waals surface area contributed by atoms with Crippen molar-refractivity contribution in [1.82, 2.24) is 5.32 Å². The fourth-order valence-electron chi connectivity index (χ4n) is 1.05. The molecular weight excluding hydrogens is 216 g/mol. The van der Waals surface area contributed by atoms with Gasteiger partial charge in [0.05, 0.1) is 6.04 Å². The zero-order chi connectivity index (χ0) is 11.8. The molecule has 16 heavy (non-hydrogen) atoms. The number of alkyl halides is 2. The van der Waals surface area contributed by atoms with Crippen molar-refractivity contribution in [3.63, 3.8) is 0 Å². The normalized spacial score (nSPS) is 10.2. The van der Waals surface area contributed by atoms with E-state index in [4.69, 9.17) is 4.74 Å². The molecule has 0 aromatic heterocycles. The first-order chi connectivity index (χ1) is 7.76. The number of hydrogen-bond donors (Lipinski definition) is 1. The second-order valence-electron chi connectivity index (χ2n) is 3.21. The van der Waals surface area contributed by atoms with Gasteiger partial charge < -0.3 is 10.1 Å². The van der Waals surface area contributed by atoms with E-state index in [1.807, 2.05) is 18.2 Å². The number of rotatable bonds is 5. The number of hydrogen-bond acceptors (Lipinski definition) is 2. The summed E-state index contributed by atoms with van der Waals surface area (Å²) >= 11 is 0. The van der Waals surface area contributed by atoms with Crippen LogP contribution in [0.15, 0.2) is 30.3 Å². The quantitative estimate of drug-likeness (QED) is 0.840. The highest BCUT2D eigenvalue weighted by molar-refractivity contribution is 5.67. The Labute approximate surface area is 92.4 Å². The maximum Gasteiger partial charge on any atom is 0.407 e. The molecule has 0 saturated carbocycles. The van der Waals surface area contributed by atoms with E-state index in [-0.39, 0.29) is 6.61 Å². The average Bonchev–Trinajstić information content (AvgIpc) is 2.34. The van der Waals surface area contributed by atoms with Crippen LogP contribution in [0.25, 0.3) is 0 Å². The highest BCUT2D eigenvalue weighted by Crippen LogP contribution is 2.00. The molecule has 5 heteroatoms. The number of carbonyl (C=O) groups is 1. The van der Waals surface area contributed by atoms with Gasteiger partial charge in [-0.25, -0.2) is 13.6 Å². The van der Waals surface area contributed by atoms with Gasteiger partial charge in [0.15, 0.2) is 0 Å². The third kappa shape index (κ3) is 4.25.